The monoisotopic (exact) mass is 498 g/mol. The van der Waals surface area contributed by atoms with E-state index >= 15 is 0 Å². The van der Waals surface area contributed by atoms with E-state index in [-0.39, 0.29) is 8.59 Å². The summed E-state index contributed by atoms with van der Waals surface area (Å²) in [7, 11) is -5.74. The van der Waals surface area contributed by atoms with Crippen LogP contribution in [0.4, 0.5) is 13.2 Å². The van der Waals surface area contributed by atoms with Crippen molar-refractivity contribution in [2.75, 3.05) is 0 Å². The van der Waals surface area contributed by atoms with Crippen LogP contribution in [0.3, 0.4) is 0 Å². The summed E-state index contributed by atoms with van der Waals surface area (Å²) in [5, 5.41) is 0.507. The van der Waals surface area contributed by atoms with E-state index in [2.05, 4.69) is 2.51 Å². The second-order valence-electron chi connectivity index (χ2n) is 4.06. The van der Waals surface area contributed by atoms with Gasteiger partial charge in [-0.3, -0.25) is 0 Å². The zero-order valence-corrected chi connectivity index (χ0v) is 15.5. The molecule has 0 aliphatic heterocycles. The van der Waals surface area contributed by atoms with Gasteiger partial charge in [-0.2, -0.15) is 0 Å². The molecule has 2 aromatic rings. The third-order valence-corrected chi connectivity index (χ3v) is 10.5. The van der Waals surface area contributed by atoms with Crippen LogP contribution in [-0.4, -0.2) is 13.9 Å². The Morgan fingerprint density at radius 1 is 0.957 bits per heavy atom. The summed E-state index contributed by atoms with van der Waals surface area (Å²) in [6.07, 6.45) is 0. The van der Waals surface area contributed by atoms with Crippen molar-refractivity contribution >= 4 is 53.6 Å². The minimum atomic E-state index is -5.74. The van der Waals surface area contributed by atoms with Crippen LogP contribution in [0.15, 0.2) is 48.5 Å². The van der Waals surface area contributed by atoms with Gasteiger partial charge < -0.3 is 0 Å². The van der Waals surface area contributed by atoms with Crippen LogP contribution in [0.25, 0.3) is 0 Å². The molecular formula is C13H8Cl2F3IO3S. The molecule has 0 saturated carbocycles. The van der Waals surface area contributed by atoms with Crippen LogP contribution in [0.2, 0.25) is 10.0 Å². The molecular weight excluding hydrogens is 491 g/mol. The van der Waals surface area contributed by atoms with Crippen molar-refractivity contribution in [2.24, 2.45) is 0 Å². The maximum atomic E-state index is 12.6. The predicted octanol–water partition coefficient (Wildman–Crippen LogP) is 5.32. The summed E-state index contributed by atoms with van der Waals surface area (Å²) in [5.41, 5.74) is -5.50. The Morgan fingerprint density at radius 3 is 2.04 bits per heavy atom. The first-order valence-corrected chi connectivity index (χ1v) is 11.0. The van der Waals surface area contributed by atoms with Gasteiger partial charge in [-0.05, 0) is 0 Å². The van der Waals surface area contributed by atoms with Gasteiger partial charge in [0.1, 0.15) is 0 Å². The topological polar surface area (TPSA) is 43.4 Å². The number of halogens is 6. The van der Waals surface area contributed by atoms with E-state index < -0.39 is 35.9 Å². The number of hydrogen-bond donors (Lipinski definition) is 0. The molecule has 0 aromatic heterocycles. The van der Waals surface area contributed by atoms with Crippen molar-refractivity contribution in [1.29, 1.82) is 0 Å². The van der Waals surface area contributed by atoms with E-state index in [1.807, 2.05) is 0 Å². The van der Waals surface area contributed by atoms with E-state index in [0.717, 1.165) is 0 Å². The molecule has 2 aromatic carbocycles. The molecule has 0 fully saturated rings. The average molecular weight is 499 g/mol. The van der Waals surface area contributed by atoms with Crippen LogP contribution < -0.4 is 0 Å². The molecule has 126 valence electrons. The number of rotatable bonds is 4. The van der Waals surface area contributed by atoms with Gasteiger partial charge in [0.2, 0.25) is 0 Å². The summed E-state index contributed by atoms with van der Waals surface area (Å²) in [6.45, 7) is 0. The first-order valence-electron chi connectivity index (χ1n) is 5.83. The van der Waals surface area contributed by atoms with Gasteiger partial charge in [0.25, 0.3) is 0 Å². The first-order chi connectivity index (χ1) is 10.6. The summed E-state index contributed by atoms with van der Waals surface area (Å²) in [5.74, 6) is 0. The van der Waals surface area contributed by atoms with Crippen LogP contribution in [0, 0.1) is 7.14 Å². The Labute approximate surface area is 148 Å². The van der Waals surface area contributed by atoms with Crippen LogP contribution in [-0.2, 0) is 12.6 Å². The average Bonchev–Trinajstić information content (AvgIpc) is 2.45. The standard InChI is InChI=1S/C13H8Cl2F3IO3S/c14-9-5-7-10(8-6-9)19(12-4-2-1-3-11(12)15)22-23(20,21)13(16,17)18/h1-8H. The van der Waals surface area contributed by atoms with E-state index in [1.165, 1.54) is 36.4 Å². The van der Waals surface area contributed by atoms with Gasteiger partial charge >= 0.3 is 149 Å². The molecule has 0 atom stereocenters. The van der Waals surface area contributed by atoms with Crippen LogP contribution in [0.5, 0.6) is 0 Å². The van der Waals surface area contributed by atoms with E-state index in [0.29, 0.717) is 8.59 Å². The number of alkyl halides is 3. The molecule has 0 bridgehead atoms. The van der Waals surface area contributed by atoms with Crippen molar-refractivity contribution < 1.29 is 24.1 Å². The Bertz CT molecular complexity index is 795. The molecule has 23 heavy (non-hydrogen) atoms. The quantitative estimate of drug-likeness (QED) is 0.423. The zero-order chi connectivity index (χ0) is 17.3. The molecule has 0 heterocycles. The first kappa shape index (κ1) is 18.8. The van der Waals surface area contributed by atoms with E-state index in [4.69, 9.17) is 23.2 Å². The SMILES string of the molecule is O=S(=O)(OI(c1ccc(Cl)cc1)c1ccccc1Cl)C(F)(F)F. The zero-order valence-electron chi connectivity index (χ0n) is 11.0. The molecule has 2 rings (SSSR count). The molecule has 0 radical (unpaired) electrons. The second kappa shape index (κ2) is 7.14. The number of hydrogen-bond acceptors (Lipinski definition) is 3. The third kappa shape index (κ3) is 4.50. The van der Waals surface area contributed by atoms with Gasteiger partial charge in [-0.25, -0.2) is 0 Å². The minimum absolute atomic E-state index is 0.144. The fraction of sp³-hybridized carbons (Fsp3) is 0.0769. The number of benzene rings is 2. The Hall–Kier alpha value is -0.550. The molecule has 0 saturated heterocycles. The predicted molar refractivity (Wildman–Crippen MR) is 90.4 cm³/mol. The maximum absolute atomic E-state index is 12.6. The van der Waals surface area contributed by atoms with Crippen molar-refractivity contribution in [2.45, 2.75) is 5.51 Å². The van der Waals surface area contributed by atoms with Gasteiger partial charge in [0.15, 0.2) is 0 Å². The Kier molecular flexibility index (Phi) is 5.83. The van der Waals surface area contributed by atoms with Gasteiger partial charge in [0, 0.05) is 0 Å². The summed E-state index contributed by atoms with van der Waals surface area (Å²) < 4.78 is 65.9. The van der Waals surface area contributed by atoms with Gasteiger partial charge in [0.05, 0.1) is 0 Å². The Balaban J connectivity index is 2.53. The van der Waals surface area contributed by atoms with Crippen molar-refractivity contribution in [3.63, 3.8) is 0 Å². The molecule has 0 aliphatic carbocycles. The second-order valence-corrected chi connectivity index (χ2v) is 11.3. The summed E-state index contributed by atoms with van der Waals surface area (Å²) >= 11 is 8.30. The van der Waals surface area contributed by atoms with Crippen molar-refractivity contribution in [3.8, 4) is 0 Å². The van der Waals surface area contributed by atoms with E-state index in [1.54, 1.807) is 12.1 Å². The molecule has 10 heteroatoms. The summed E-state index contributed by atoms with van der Waals surface area (Å²) in [6, 6.07) is 11.8. The molecule has 0 N–H and O–H groups in total. The van der Waals surface area contributed by atoms with Crippen molar-refractivity contribution in [3.05, 3.63) is 65.7 Å². The van der Waals surface area contributed by atoms with Crippen LogP contribution in [0.1, 0.15) is 0 Å². The summed E-state index contributed by atoms with van der Waals surface area (Å²) in [4.78, 5) is 0. The Morgan fingerprint density at radius 2 is 1.52 bits per heavy atom. The van der Waals surface area contributed by atoms with E-state index in [9.17, 15) is 21.6 Å². The molecule has 0 unspecified atom stereocenters. The van der Waals surface area contributed by atoms with Crippen molar-refractivity contribution in [1.82, 2.24) is 0 Å². The normalized spacial score (nSPS) is 13.0. The van der Waals surface area contributed by atoms with Gasteiger partial charge in [-0.1, -0.05) is 0 Å². The fourth-order valence-corrected chi connectivity index (χ4v) is 8.61. The molecule has 3 nitrogen and oxygen atoms in total. The third-order valence-electron chi connectivity index (χ3n) is 2.44. The van der Waals surface area contributed by atoms with Crippen LogP contribution >= 0.6 is 43.4 Å². The molecule has 0 amide bonds. The van der Waals surface area contributed by atoms with Gasteiger partial charge in [-0.15, -0.1) is 0 Å². The molecule has 0 aliphatic rings. The molecule has 0 spiro atoms. The fourth-order valence-electron chi connectivity index (χ4n) is 1.43.